The summed E-state index contributed by atoms with van der Waals surface area (Å²) in [6.07, 6.45) is 36.5. The van der Waals surface area contributed by atoms with E-state index in [1.54, 1.807) is 5.57 Å². The van der Waals surface area contributed by atoms with Gasteiger partial charge in [0.1, 0.15) is 12.2 Å². The summed E-state index contributed by atoms with van der Waals surface area (Å²) in [5.41, 5.74) is 2.47. The third-order valence-corrected chi connectivity index (χ3v) is 14.1. The molecule has 280 valence electrons. The lowest BCUT2D eigenvalue weighted by Crippen LogP contribution is -2.51. The summed E-state index contributed by atoms with van der Waals surface area (Å²) in [6.45, 7) is 14.8. The molecule has 3 saturated carbocycles. The van der Waals surface area contributed by atoms with Crippen LogP contribution in [0.25, 0.3) is 0 Å². The molecule has 0 aliphatic heterocycles. The van der Waals surface area contributed by atoms with E-state index in [0.29, 0.717) is 17.3 Å². The van der Waals surface area contributed by atoms with E-state index in [2.05, 4.69) is 64.7 Å². The van der Waals surface area contributed by atoms with Crippen molar-refractivity contribution in [2.75, 3.05) is 0 Å². The van der Waals surface area contributed by atoms with E-state index < -0.39 is 0 Å². The molecule has 4 heteroatoms. The number of rotatable bonds is 21. The van der Waals surface area contributed by atoms with Gasteiger partial charge in [0.15, 0.2) is 0 Å². The third kappa shape index (κ3) is 11.1. The Kier molecular flexibility index (Phi) is 16.5. The summed E-state index contributed by atoms with van der Waals surface area (Å²) >= 11 is 0. The summed E-state index contributed by atoms with van der Waals surface area (Å²) in [4.78, 5) is 17.4. The molecular weight excluding hydrogens is 604 g/mol. The molecule has 0 bridgehead atoms. The fourth-order valence-electron chi connectivity index (χ4n) is 11.2. The average molecular weight is 681 g/mol. The standard InChI is InChI=1S/C45H76O4/c1-7-8-16-22-37(49-47)23-17-14-12-10-9-11-13-15-18-24-43(46)48-38-29-31-44(5)36(33-38)25-26-39-41-28-27-40(35(4)21-19-20-34(2)3)45(41,6)32-30-42(39)44/h12,14,17,23,25,34-35,37-42,47H,7-11,13,15-16,18-22,24,26-33H2,1-6H3/b14-12-,23-17+/t35-,37-,38+,39+,40+,41+,42+,44+,45-/m1/s1. The molecule has 0 spiro atoms. The molecule has 4 rings (SSSR count). The van der Waals surface area contributed by atoms with Crippen LogP contribution in [0.4, 0.5) is 0 Å². The van der Waals surface area contributed by atoms with Gasteiger partial charge in [-0.15, -0.1) is 0 Å². The van der Waals surface area contributed by atoms with Gasteiger partial charge in [-0.2, -0.15) is 0 Å². The Bertz CT molecular complexity index is 1070. The summed E-state index contributed by atoms with van der Waals surface area (Å²) in [5.74, 6) is 5.19. The first-order valence-corrected chi connectivity index (χ1v) is 21.1. The molecular formula is C45H76O4. The van der Waals surface area contributed by atoms with Crippen LogP contribution in [0.3, 0.4) is 0 Å². The Balaban J connectivity index is 1.12. The maximum atomic E-state index is 12.8. The zero-order valence-corrected chi connectivity index (χ0v) is 32.7. The van der Waals surface area contributed by atoms with Crippen LogP contribution in [0.15, 0.2) is 36.0 Å². The fourth-order valence-corrected chi connectivity index (χ4v) is 11.2. The zero-order valence-electron chi connectivity index (χ0n) is 32.7. The van der Waals surface area contributed by atoms with Crippen LogP contribution < -0.4 is 0 Å². The molecule has 3 fully saturated rings. The molecule has 0 aromatic carbocycles. The average Bonchev–Trinajstić information content (AvgIpc) is 3.43. The molecule has 49 heavy (non-hydrogen) atoms. The summed E-state index contributed by atoms with van der Waals surface area (Å²) in [6, 6.07) is 0. The van der Waals surface area contributed by atoms with E-state index >= 15 is 0 Å². The predicted molar refractivity (Wildman–Crippen MR) is 205 cm³/mol. The highest BCUT2D eigenvalue weighted by atomic mass is 17.1. The smallest absolute Gasteiger partial charge is 0.306 e. The molecule has 0 unspecified atom stereocenters. The molecule has 0 radical (unpaired) electrons. The lowest BCUT2D eigenvalue weighted by molar-refractivity contribution is -0.267. The molecule has 0 saturated heterocycles. The van der Waals surface area contributed by atoms with Gasteiger partial charge < -0.3 is 4.74 Å². The second-order valence-electron chi connectivity index (χ2n) is 17.9. The van der Waals surface area contributed by atoms with Crippen LogP contribution >= 0.6 is 0 Å². The van der Waals surface area contributed by atoms with Crippen molar-refractivity contribution in [3.63, 3.8) is 0 Å². The minimum Gasteiger partial charge on any atom is -0.462 e. The van der Waals surface area contributed by atoms with Gasteiger partial charge in [-0.25, -0.2) is 4.89 Å². The van der Waals surface area contributed by atoms with Crippen LogP contribution in [-0.2, 0) is 14.4 Å². The van der Waals surface area contributed by atoms with Gasteiger partial charge in [0.2, 0.25) is 0 Å². The van der Waals surface area contributed by atoms with E-state index in [-0.39, 0.29) is 18.2 Å². The van der Waals surface area contributed by atoms with E-state index in [9.17, 15) is 4.79 Å². The quantitative estimate of drug-likeness (QED) is 0.0327. The molecule has 0 amide bonds. The second-order valence-corrected chi connectivity index (χ2v) is 17.9. The first kappa shape index (κ1) is 40.4. The molecule has 0 aromatic heterocycles. The van der Waals surface area contributed by atoms with E-state index in [0.717, 1.165) is 80.5 Å². The normalized spacial score (nSPS) is 32.6. The van der Waals surface area contributed by atoms with Crippen molar-refractivity contribution in [1.29, 1.82) is 0 Å². The number of ether oxygens (including phenoxy) is 1. The Hall–Kier alpha value is -1.39. The van der Waals surface area contributed by atoms with Gasteiger partial charge in [-0.1, -0.05) is 135 Å². The lowest BCUT2D eigenvalue weighted by atomic mass is 9.47. The highest BCUT2D eigenvalue weighted by molar-refractivity contribution is 5.69. The van der Waals surface area contributed by atoms with Crippen molar-refractivity contribution >= 4 is 5.97 Å². The molecule has 0 heterocycles. The van der Waals surface area contributed by atoms with E-state index in [4.69, 9.17) is 9.99 Å². The Labute approximate surface area is 302 Å². The molecule has 4 aliphatic rings. The van der Waals surface area contributed by atoms with Gasteiger partial charge in [0, 0.05) is 12.8 Å². The number of esters is 1. The zero-order chi connectivity index (χ0) is 35.3. The van der Waals surface area contributed by atoms with Gasteiger partial charge in [0.05, 0.1) is 0 Å². The van der Waals surface area contributed by atoms with Crippen LogP contribution in [0.1, 0.15) is 183 Å². The van der Waals surface area contributed by atoms with Crippen molar-refractivity contribution < 1.29 is 19.7 Å². The number of carbonyl (C=O) groups is 1. The number of hydrogen-bond donors (Lipinski definition) is 1. The molecule has 9 atom stereocenters. The van der Waals surface area contributed by atoms with Crippen LogP contribution in [-0.4, -0.2) is 23.4 Å². The van der Waals surface area contributed by atoms with E-state index in [1.807, 2.05) is 12.2 Å². The third-order valence-electron chi connectivity index (χ3n) is 14.1. The van der Waals surface area contributed by atoms with Crippen molar-refractivity contribution in [2.45, 2.75) is 195 Å². The van der Waals surface area contributed by atoms with Crippen molar-refractivity contribution in [3.05, 3.63) is 36.0 Å². The minimum absolute atomic E-state index is 0.0189. The van der Waals surface area contributed by atoms with Crippen molar-refractivity contribution in [3.8, 4) is 0 Å². The number of unbranched alkanes of at least 4 members (excludes halogenated alkanes) is 7. The first-order chi connectivity index (χ1) is 23.6. The summed E-state index contributed by atoms with van der Waals surface area (Å²) in [5, 5.41) is 9.04. The number of allylic oxidation sites excluding steroid dienone is 4. The topological polar surface area (TPSA) is 55.8 Å². The van der Waals surface area contributed by atoms with Crippen molar-refractivity contribution in [2.24, 2.45) is 46.3 Å². The molecule has 1 N–H and O–H groups in total. The largest absolute Gasteiger partial charge is 0.462 e. The van der Waals surface area contributed by atoms with Gasteiger partial charge >= 0.3 is 5.97 Å². The fraction of sp³-hybridized carbons (Fsp3) is 0.844. The second kappa shape index (κ2) is 20.0. The van der Waals surface area contributed by atoms with Crippen LogP contribution in [0, 0.1) is 46.3 Å². The Morgan fingerprint density at radius 2 is 1.69 bits per heavy atom. The highest BCUT2D eigenvalue weighted by Crippen LogP contribution is 2.67. The summed E-state index contributed by atoms with van der Waals surface area (Å²) in [7, 11) is 0. The number of carbonyl (C=O) groups excluding carboxylic acids is 1. The highest BCUT2D eigenvalue weighted by Gasteiger charge is 2.59. The maximum Gasteiger partial charge on any atom is 0.306 e. The number of fused-ring (bicyclic) bond motifs is 5. The SMILES string of the molecule is CCCCC[C@H](/C=C/C=C\CCCCCCCC(=O)O[C@H]1CC[C@@]2(C)C(=CC[C@H]3[C@@H]4CC[C@@H]([C@H](C)CCCC(C)C)[C@@]4(C)CC[C@@H]32)C1)OO. The molecule has 4 nitrogen and oxygen atoms in total. The predicted octanol–water partition coefficient (Wildman–Crippen LogP) is 13.2. The maximum absolute atomic E-state index is 12.8. The lowest BCUT2D eigenvalue weighted by Gasteiger charge is -2.58. The number of hydrogen-bond acceptors (Lipinski definition) is 4. The monoisotopic (exact) mass is 681 g/mol. The van der Waals surface area contributed by atoms with Gasteiger partial charge in [-0.05, 0) is 117 Å². The summed E-state index contributed by atoms with van der Waals surface area (Å²) < 4.78 is 6.11. The van der Waals surface area contributed by atoms with Gasteiger partial charge in [-0.3, -0.25) is 10.1 Å². The molecule has 4 aliphatic carbocycles. The first-order valence-electron chi connectivity index (χ1n) is 21.1. The Morgan fingerprint density at radius 3 is 2.47 bits per heavy atom. The van der Waals surface area contributed by atoms with Crippen molar-refractivity contribution in [1.82, 2.24) is 0 Å². The van der Waals surface area contributed by atoms with Gasteiger partial charge in [0.25, 0.3) is 0 Å². The van der Waals surface area contributed by atoms with E-state index in [1.165, 1.54) is 89.9 Å². The molecule has 0 aromatic rings. The minimum atomic E-state index is -0.204. The van der Waals surface area contributed by atoms with Crippen LogP contribution in [0.5, 0.6) is 0 Å². The Morgan fingerprint density at radius 1 is 0.898 bits per heavy atom. The van der Waals surface area contributed by atoms with Crippen LogP contribution in [0.2, 0.25) is 0 Å².